The molecule has 4 rings (SSSR count). The first kappa shape index (κ1) is 14.9. The molecule has 122 valence electrons. The van der Waals surface area contributed by atoms with Gasteiger partial charge in [-0.1, -0.05) is 25.8 Å². The van der Waals surface area contributed by atoms with Crippen molar-refractivity contribution in [2.45, 2.75) is 65.2 Å². The third-order valence-electron chi connectivity index (χ3n) is 8.21. The van der Waals surface area contributed by atoms with Gasteiger partial charge >= 0.3 is 0 Å². The largest absolute Gasteiger partial charge is 0.395 e. The maximum Gasteiger partial charge on any atom is 0.155 e. The summed E-state index contributed by atoms with van der Waals surface area (Å²) in [6, 6.07) is 0. The molecule has 6 atom stereocenters. The van der Waals surface area contributed by atoms with Gasteiger partial charge in [0.15, 0.2) is 5.78 Å². The Morgan fingerprint density at radius 2 is 2.05 bits per heavy atom. The number of aliphatic hydroxyl groups excluding tert-OH is 1. The van der Waals surface area contributed by atoms with Crippen LogP contribution in [0.25, 0.3) is 0 Å². The second kappa shape index (κ2) is 4.93. The summed E-state index contributed by atoms with van der Waals surface area (Å²) in [5.74, 6) is 2.84. The Morgan fingerprint density at radius 3 is 2.82 bits per heavy atom. The molecule has 0 amide bonds. The van der Waals surface area contributed by atoms with Crippen molar-refractivity contribution in [1.82, 2.24) is 0 Å². The molecule has 4 aliphatic rings. The molecule has 0 aromatic heterocycles. The Bertz CT molecular complexity index is 522. The lowest BCUT2D eigenvalue weighted by Gasteiger charge is -2.59. The summed E-state index contributed by atoms with van der Waals surface area (Å²) in [7, 11) is 0. The van der Waals surface area contributed by atoms with Crippen LogP contribution in [0.5, 0.6) is 0 Å². The van der Waals surface area contributed by atoms with Gasteiger partial charge in [-0.25, -0.2) is 0 Å². The number of hydrogen-bond donors (Lipinski definition) is 1. The van der Waals surface area contributed by atoms with Gasteiger partial charge in [-0.05, 0) is 73.7 Å². The van der Waals surface area contributed by atoms with Crippen LogP contribution in [0, 0.1) is 34.5 Å². The van der Waals surface area contributed by atoms with Gasteiger partial charge in [0.25, 0.3) is 0 Å². The molecule has 2 nitrogen and oxygen atoms in total. The van der Waals surface area contributed by atoms with Crippen LogP contribution in [0.2, 0.25) is 0 Å². The van der Waals surface area contributed by atoms with Crippen LogP contribution < -0.4 is 0 Å². The third kappa shape index (κ3) is 1.79. The van der Waals surface area contributed by atoms with Crippen molar-refractivity contribution < 1.29 is 9.90 Å². The Balaban J connectivity index is 1.76. The summed E-state index contributed by atoms with van der Waals surface area (Å²) in [4.78, 5) is 12.0. The lowest BCUT2D eigenvalue weighted by molar-refractivity contribution is -0.123. The minimum Gasteiger partial charge on any atom is -0.395 e. The minimum absolute atomic E-state index is 0.0826. The molecular weight excluding hydrogens is 272 g/mol. The Morgan fingerprint density at radius 1 is 1.23 bits per heavy atom. The number of carbonyl (C=O) groups excluding carboxylic acids is 1. The smallest absolute Gasteiger partial charge is 0.155 e. The zero-order chi connectivity index (χ0) is 15.5. The van der Waals surface area contributed by atoms with Crippen molar-refractivity contribution in [3.05, 3.63) is 11.6 Å². The van der Waals surface area contributed by atoms with E-state index in [0.29, 0.717) is 23.7 Å². The van der Waals surface area contributed by atoms with Crippen LogP contribution in [0.4, 0.5) is 0 Å². The predicted molar refractivity (Wildman–Crippen MR) is 87.3 cm³/mol. The van der Waals surface area contributed by atoms with Gasteiger partial charge in [0.05, 0.1) is 6.61 Å². The highest BCUT2D eigenvalue weighted by Crippen LogP contribution is 2.66. The van der Waals surface area contributed by atoms with E-state index in [1.54, 1.807) is 0 Å². The zero-order valence-electron chi connectivity index (χ0n) is 14.1. The van der Waals surface area contributed by atoms with Crippen LogP contribution in [0.3, 0.4) is 0 Å². The van der Waals surface area contributed by atoms with Crippen molar-refractivity contribution in [1.29, 1.82) is 0 Å². The quantitative estimate of drug-likeness (QED) is 0.791. The standard InChI is InChI=1S/C20H30O2/c1-13-10-15(22)11-14-5-6-16-17-4-3-8-19(17,2)9-7-18(16)20(13,14)12-21/h11,13,16-18,21H,3-10,12H2,1-2H3/t13-,16-,17-,18-,19-,20-/m0/s1. The average molecular weight is 302 g/mol. The van der Waals surface area contributed by atoms with E-state index in [1.165, 1.54) is 44.1 Å². The number of hydrogen-bond acceptors (Lipinski definition) is 2. The van der Waals surface area contributed by atoms with Crippen molar-refractivity contribution in [2.75, 3.05) is 6.61 Å². The van der Waals surface area contributed by atoms with Gasteiger partial charge in [0, 0.05) is 11.8 Å². The van der Waals surface area contributed by atoms with Crippen molar-refractivity contribution >= 4 is 5.78 Å². The summed E-state index contributed by atoms with van der Waals surface area (Å²) in [6.45, 7) is 4.98. The number of carbonyl (C=O) groups is 1. The maximum absolute atomic E-state index is 12.0. The van der Waals surface area contributed by atoms with Crippen LogP contribution in [-0.4, -0.2) is 17.5 Å². The van der Waals surface area contributed by atoms with E-state index in [0.717, 1.165) is 18.3 Å². The average Bonchev–Trinajstić information content (AvgIpc) is 2.88. The highest BCUT2D eigenvalue weighted by atomic mass is 16.3. The van der Waals surface area contributed by atoms with Crippen LogP contribution in [-0.2, 0) is 4.79 Å². The maximum atomic E-state index is 12.0. The fourth-order valence-electron chi connectivity index (χ4n) is 7.12. The van der Waals surface area contributed by atoms with E-state index in [9.17, 15) is 9.90 Å². The van der Waals surface area contributed by atoms with Crippen LogP contribution in [0.15, 0.2) is 11.6 Å². The molecule has 0 heterocycles. The van der Waals surface area contributed by atoms with E-state index in [4.69, 9.17) is 0 Å². The lowest BCUT2D eigenvalue weighted by Crippen LogP contribution is -2.55. The molecule has 4 aliphatic carbocycles. The molecule has 1 N–H and O–H groups in total. The first-order chi connectivity index (χ1) is 10.5. The monoisotopic (exact) mass is 302 g/mol. The first-order valence-electron chi connectivity index (χ1n) is 9.36. The van der Waals surface area contributed by atoms with Crippen LogP contribution in [0.1, 0.15) is 65.2 Å². The molecule has 0 aliphatic heterocycles. The molecule has 0 radical (unpaired) electrons. The number of ketones is 1. The number of rotatable bonds is 1. The van der Waals surface area contributed by atoms with Gasteiger partial charge in [-0.2, -0.15) is 0 Å². The molecular formula is C20H30O2. The van der Waals surface area contributed by atoms with E-state index in [-0.39, 0.29) is 17.8 Å². The lowest BCUT2D eigenvalue weighted by atomic mass is 9.45. The molecule has 0 aromatic carbocycles. The van der Waals surface area contributed by atoms with E-state index in [1.807, 2.05) is 6.08 Å². The highest BCUT2D eigenvalue weighted by Gasteiger charge is 2.59. The molecule has 0 unspecified atom stereocenters. The normalized spacial score (nSPS) is 50.9. The topological polar surface area (TPSA) is 37.3 Å². The molecule has 0 saturated heterocycles. The fourth-order valence-corrected chi connectivity index (χ4v) is 7.12. The number of fused-ring (bicyclic) bond motifs is 5. The molecule has 2 heteroatoms. The van der Waals surface area contributed by atoms with Crippen molar-refractivity contribution in [3.63, 3.8) is 0 Å². The Hall–Kier alpha value is -0.630. The second-order valence-electron chi connectivity index (χ2n) is 8.94. The first-order valence-corrected chi connectivity index (χ1v) is 9.36. The third-order valence-corrected chi connectivity index (χ3v) is 8.21. The number of aliphatic hydroxyl groups is 1. The van der Waals surface area contributed by atoms with Gasteiger partial charge in [-0.15, -0.1) is 0 Å². The summed E-state index contributed by atoms with van der Waals surface area (Å²) in [5.41, 5.74) is 1.77. The van der Waals surface area contributed by atoms with E-state index in [2.05, 4.69) is 13.8 Å². The molecule has 3 fully saturated rings. The van der Waals surface area contributed by atoms with Crippen molar-refractivity contribution in [2.24, 2.45) is 34.5 Å². The molecule has 0 aromatic rings. The molecule has 3 saturated carbocycles. The van der Waals surface area contributed by atoms with Gasteiger partial charge in [0.2, 0.25) is 0 Å². The second-order valence-corrected chi connectivity index (χ2v) is 8.94. The zero-order valence-corrected chi connectivity index (χ0v) is 14.1. The van der Waals surface area contributed by atoms with Crippen molar-refractivity contribution in [3.8, 4) is 0 Å². The minimum atomic E-state index is -0.0826. The van der Waals surface area contributed by atoms with Gasteiger partial charge < -0.3 is 5.11 Å². The summed E-state index contributed by atoms with van der Waals surface area (Å²) in [6.07, 6.45) is 11.6. The molecule has 0 bridgehead atoms. The Labute approximate surface area is 134 Å². The summed E-state index contributed by atoms with van der Waals surface area (Å²) < 4.78 is 0. The van der Waals surface area contributed by atoms with Gasteiger partial charge in [-0.3, -0.25) is 4.79 Å². The van der Waals surface area contributed by atoms with E-state index >= 15 is 0 Å². The fraction of sp³-hybridized carbons (Fsp3) is 0.850. The summed E-state index contributed by atoms with van der Waals surface area (Å²) >= 11 is 0. The SMILES string of the molecule is C[C@H]1CC(=O)C=C2CC[C@H]3[C@@H]4CCC[C@@]4(C)CC[C@@H]3[C@]21CO. The highest BCUT2D eigenvalue weighted by molar-refractivity contribution is 5.92. The molecule has 0 spiro atoms. The van der Waals surface area contributed by atoms with E-state index < -0.39 is 0 Å². The predicted octanol–water partition coefficient (Wildman–Crippen LogP) is 4.13. The van der Waals surface area contributed by atoms with Crippen LogP contribution >= 0.6 is 0 Å². The molecule has 22 heavy (non-hydrogen) atoms. The summed E-state index contributed by atoms with van der Waals surface area (Å²) in [5, 5.41) is 10.4. The van der Waals surface area contributed by atoms with Gasteiger partial charge in [0.1, 0.15) is 0 Å². The Kier molecular flexibility index (Phi) is 3.35.